The first-order chi connectivity index (χ1) is 12.3. The lowest BCUT2D eigenvalue weighted by Gasteiger charge is -2.31. The van der Waals surface area contributed by atoms with Crippen LogP contribution < -0.4 is 0 Å². The van der Waals surface area contributed by atoms with Crippen LogP contribution in [0, 0.1) is 6.92 Å². The third-order valence-electron chi connectivity index (χ3n) is 4.32. The van der Waals surface area contributed by atoms with Crippen molar-refractivity contribution in [2.24, 2.45) is 0 Å². The van der Waals surface area contributed by atoms with Gasteiger partial charge in [-0.3, -0.25) is 4.90 Å². The van der Waals surface area contributed by atoms with Gasteiger partial charge in [0.15, 0.2) is 5.82 Å². The van der Waals surface area contributed by atoms with Crippen molar-refractivity contribution >= 4 is 0 Å². The summed E-state index contributed by atoms with van der Waals surface area (Å²) in [6.45, 7) is 5.23. The fourth-order valence-electron chi connectivity index (χ4n) is 3.04. The largest absolute Gasteiger partial charge is 0.368 e. The van der Waals surface area contributed by atoms with Crippen LogP contribution in [0.5, 0.6) is 0 Å². The van der Waals surface area contributed by atoms with E-state index in [1.807, 2.05) is 55.8 Å². The Morgan fingerprint density at radius 3 is 2.64 bits per heavy atom. The number of morpholine rings is 1. The van der Waals surface area contributed by atoms with Gasteiger partial charge in [-0.15, -0.1) is 0 Å². The second-order valence-corrected chi connectivity index (χ2v) is 6.33. The van der Waals surface area contributed by atoms with Crippen LogP contribution in [-0.2, 0) is 11.3 Å². The summed E-state index contributed by atoms with van der Waals surface area (Å²) in [5.41, 5.74) is 3.20. The molecular weight excluding hydrogens is 314 g/mol. The molecule has 1 aliphatic rings. The highest BCUT2D eigenvalue weighted by Gasteiger charge is 2.24. The van der Waals surface area contributed by atoms with Crippen LogP contribution in [-0.4, -0.2) is 44.5 Å². The normalized spacial score (nSPS) is 18.4. The number of aromatic nitrogens is 4. The van der Waals surface area contributed by atoms with Crippen LogP contribution in [0.3, 0.4) is 0 Å². The Balaban J connectivity index is 1.41. The van der Waals surface area contributed by atoms with Gasteiger partial charge in [-0.05, 0) is 6.92 Å². The third-order valence-corrected chi connectivity index (χ3v) is 4.32. The number of rotatable bonds is 4. The van der Waals surface area contributed by atoms with E-state index >= 15 is 0 Å². The van der Waals surface area contributed by atoms with Crippen LogP contribution in [0.4, 0.5) is 0 Å². The predicted octanol–water partition coefficient (Wildman–Crippen LogP) is 2.75. The smallest absolute Gasteiger partial charge is 0.159 e. The molecule has 1 N–H and O–H groups in total. The number of H-pyrrole nitrogens is 1. The summed E-state index contributed by atoms with van der Waals surface area (Å²) in [5.74, 6) is 1.66. The van der Waals surface area contributed by atoms with Gasteiger partial charge in [0.1, 0.15) is 11.9 Å². The monoisotopic (exact) mass is 335 g/mol. The zero-order valence-electron chi connectivity index (χ0n) is 14.2. The maximum atomic E-state index is 5.86. The first kappa shape index (κ1) is 15.9. The Labute approximate surface area is 146 Å². The molecule has 6 nitrogen and oxygen atoms in total. The molecule has 0 amide bonds. The molecule has 2 aromatic heterocycles. The van der Waals surface area contributed by atoms with Crippen molar-refractivity contribution in [3.63, 3.8) is 0 Å². The number of aromatic amines is 1. The molecule has 128 valence electrons. The summed E-state index contributed by atoms with van der Waals surface area (Å²) in [7, 11) is 0. The van der Waals surface area contributed by atoms with Gasteiger partial charge in [-0.2, -0.15) is 0 Å². The van der Waals surface area contributed by atoms with E-state index in [1.165, 1.54) is 0 Å². The first-order valence-corrected chi connectivity index (χ1v) is 8.50. The number of hydrogen-bond donors (Lipinski definition) is 1. The lowest BCUT2D eigenvalue weighted by Crippen LogP contribution is -2.38. The van der Waals surface area contributed by atoms with E-state index in [2.05, 4.69) is 24.8 Å². The van der Waals surface area contributed by atoms with Gasteiger partial charge >= 0.3 is 0 Å². The molecule has 0 bridgehead atoms. The molecule has 1 aromatic carbocycles. The molecule has 25 heavy (non-hydrogen) atoms. The molecule has 1 atom stereocenters. The standard InChI is InChI=1S/C19H21N5O/c1-14-9-20-19(23-14)17-13-24(7-8-25-17)12-15-10-21-18(22-11-15)16-5-3-2-4-6-16/h2-6,9-11,17H,7-8,12-13H2,1H3,(H,20,23)/t17-/m1/s1. The van der Waals surface area contributed by atoms with E-state index in [-0.39, 0.29) is 6.10 Å². The SMILES string of the molecule is Cc1cnc([C@H]2CN(Cc3cnc(-c4ccccc4)nc3)CCO2)[nH]1. The third kappa shape index (κ3) is 3.75. The van der Waals surface area contributed by atoms with Crippen molar-refractivity contribution in [1.82, 2.24) is 24.8 Å². The number of ether oxygens (including phenoxy) is 1. The van der Waals surface area contributed by atoms with Crippen LogP contribution in [0.1, 0.15) is 23.2 Å². The predicted molar refractivity (Wildman–Crippen MR) is 94.8 cm³/mol. The lowest BCUT2D eigenvalue weighted by molar-refractivity contribution is -0.0369. The highest BCUT2D eigenvalue weighted by molar-refractivity contribution is 5.53. The molecule has 4 rings (SSSR count). The summed E-state index contributed by atoms with van der Waals surface area (Å²) >= 11 is 0. The Hall–Kier alpha value is -2.57. The summed E-state index contributed by atoms with van der Waals surface area (Å²) < 4.78 is 5.86. The molecule has 3 aromatic rings. The Morgan fingerprint density at radius 2 is 1.92 bits per heavy atom. The van der Waals surface area contributed by atoms with Gasteiger partial charge in [-0.1, -0.05) is 30.3 Å². The van der Waals surface area contributed by atoms with Crippen LogP contribution in [0.15, 0.2) is 48.9 Å². The van der Waals surface area contributed by atoms with E-state index < -0.39 is 0 Å². The maximum absolute atomic E-state index is 5.86. The van der Waals surface area contributed by atoms with E-state index in [0.717, 1.165) is 48.1 Å². The Bertz CT molecular complexity index is 815. The second kappa shape index (κ2) is 7.13. The van der Waals surface area contributed by atoms with Crippen molar-refractivity contribution in [2.45, 2.75) is 19.6 Å². The average Bonchev–Trinajstić information content (AvgIpc) is 3.10. The maximum Gasteiger partial charge on any atom is 0.159 e. The summed E-state index contributed by atoms with van der Waals surface area (Å²) in [5, 5.41) is 0. The van der Waals surface area contributed by atoms with E-state index in [1.54, 1.807) is 0 Å². The number of hydrogen-bond acceptors (Lipinski definition) is 5. The minimum absolute atomic E-state index is 0.00744. The first-order valence-electron chi connectivity index (χ1n) is 8.50. The van der Waals surface area contributed by atoms with E-state index in [0.29, 0.717) is 6.61 Å². The minimum atomic E-state index is -0.00744. The summed E-state index contributed by atoms with van der Waals surface area (Å²) in [6, 6.07) is 10.0. The lowest BCUT2D eigenvalue weighted by atomic mass is 10.2. The number of nitrogens with zero attached hydrogens (tertiary/aromatic N) is 4. The molecule has 0 aliphatic carbocycles. The van der Waals surface area contributed by atoms with Crippen molar-refractivity contribution in [1.29, 1.82) is 0 Å². The number of benzene rings is 1. The van der Waals surface area contributed by atoms with Crippen LogP contribution in [0.25, 0.3) is 11.4 Å². The van der Waals surface area contributed by atoms with Crippen molar-refractivity contribution < 1.29 is 4.74 Å². The quantitative estimate of drug-likeness (QED) is 0.794. The molecule has 0 radical (unpaired) electrons. The zero-order valence-corrected chi connectivity index (χ0v) is 14.2. The molecular formula is C19H21N5O. The van der Waals surface area contributed by atoms with E-state index in [9.17, 15) is 0 Å². The van der Waals surface area contributed by atoms with Crippen molar-refractivity contribution in [3.8, 4) is 11.4 Å². The Morgan fingerprint density at radius 1 is 1.12 bits per heavy atom. The molecule has 0 spiro atoms. The van der Waals surface area contributed by atoms with E-state index in [4.69, 9.17) is 4.74 Å². The van der Waals surface area contributed by atoms with Gasteiger partial charge in [0.05, 0.1) is 6.61 Å². The van der Waals surface area contributed by atoms with Gasteiger partial charge in [-0.25, -0.2) is 15.0 Å². The summed E-state index contributed by atoms with van der Waals surface area (Å²) in [6.07, 6.45) is 5.66. The highest BCUT2D eigenvalue weighted by atomic mass is 16.5. The zero-order chi connectivity index (χ0) is 17.1. The number of nitrogens with one attached hydrogen (secondary N) is 1. The molecule has 1 saturated heterocycles. The van der Waals surface area contributed by atoms with Crippen molar-refractivity contribution in [3.05, 3.63) is 66.0 Å². The topological polar surface area (TPSA) is 66.9 Å². The second-order valence-electron chi connectivity index (χ2n) is 6.33. The van der Waals surface area contributed by atoms with Crippen LogP contribution >= 0.6 is 0 Å². The number of aryl methyl sites for hydroxylation is 1. The van der Waals surface area contributed by atoms with Gasteiger partial charge in [0.25, 0.3) is 0 Å². The van der Waals surface area contributed by atoms with Gasteiger partial charge in [0.2, 0.25) is 0 Å². The summed E-state index contributed by atoms with van der Waals surface area (Å²) in [4.78, 5) is 19.0. The molecule has 3 heterocycles. The minimum Gasteiger partial charge on any atom is -0.368 e. The fourth-order valence-corrected chi connectivity index (χ4v) is 3.04. The molecule has 0 saturated carbocycles. The molecule has 1 aliphatic heterocycles. The van der Waals surface area contributed by atoms with Gasteiger partial charge < -0.3 is 9.72 Å². The number of imidazole rings is 1. The Kier molecular flexibility index (Phi) is 4.54. The van der Waals surface area contributed by atoms with Gasteiger partial charge in [0, 0.05) is 55.0 Å². The molecule has 6 heteroatoms. The molecule has 1 fully saturated rings. The van der Waals surface area contributed by atoms with Crippen molar-refractivity contribution in [2.75, 3.05) is 19.7 Å². The molecule has 0 unspecified atom stereocenters. The van der Waals surface area contributed by atoms with Crippen LogP contribution in [0.2, 0.25) is 0 Å². The fraction of sp³-hybridized carbons (Fsp3) is 0.316. The highest BCUT2D eigenvalue weighted by Crippen LogP contribution is 2.21. The average molecular weight is 335 g/mol.